The monoisotopic (exact) mass is 353 g/mol. The van der Waals surface area contributed by atoms with Crippen LogP contribution in [0.5, 0.6) is 11.5 Å². The van der Waals surface area contributed by atoms with E-state index in [0.717, 1.165) is 11.3 Å². The molecule has 2 aromatic carbocycles. The number of aliphatic hydroxyl groups excluding tert-OH is 1. The van der Waals surface area contributed by atoms with E-state index in [1.165, 1.54) is 7.11 Å². The van der Waals surface area contributed by atoms with Crippen molar-refractivity contribution in [1.82, 2.24) is 0 Å². The van der Waals surface area contributed by atoms with Gasteiger partial charge in [-0.1, -0.05) is 25.1 Å². The van der Waals surface area contributed by atoms with E-state index in [-0.39, 0.29) is 5.57 Å². The molecule has 1 N–H and O–H groups in total. The summed E-state index contributed by atoms with van der Waals surface area (Å²) in [6, 6.07) is 13.3. The molecule has 0 spiro atoms. The van der Waals surface area contributed by atoms with Crippen LogP contribution in [0.1, 0.15) is 18.9 Å². The molecule has 0 radical (unpaired) electrons. The number of benzene rings is 2. The van der Waals surface area contributed by atoms with E-state index in [9.17, 15) is 14.7 Å². The second-order valence-electron chi connectivity index (χ2n) is 5.74. The lowest BCUT2D eigenvalue weighted by molar-refractivity contribution is -0.121. The molecule has 1 aliphatic rings. The van der Waals surface area contributed by atoms with Crippen molar-refractivity contribution in [3.63, 3.8) is 0 Å². The molecule has 0 saturated carbocycles. The number of ether oxygens (including phenoxy) is 2. The first-order valence-corrected chi connectivity index (χ1v) is 8.26. The Balaban J connectivity index is 1.91. The summed E-state index contributed by atoms with van der Waals surface area (Å²) in [6.45, 7) is 2.60. The van der Waals surface area contributed by atoms with Crippen LogP contribution in [-0.2, 0) is 9.59 Å². The molecule has 3 rings (SSSR count). The summed E-state index contributed by atoms with van der Waals surface area (Å²) in [5.74, 6) is -0.738. The Bertz CT molecular complexity index is 870. The predicted molar refractivity (Wildman–Crippen MR) is 97.3 cm³/mol. The number of anilines is 1. The number of aliphatic hydroxyl groups is 1. The average molecular weight is 353 g/mol. The summed E-state index contributed by atoms with van der Waals surface area (Å²) < 4.78 is 10.6. The van der Waals surface area contributed by atoms with E-state index in [2.05, 4.69) is 0 Å². The van der Waals surface area contributed by atoms with Gasteiger partial charge in [-0.3, -0.25) is 9.59 Å². The first kappa shape index (κ1) is 17.5. The fourth-order valence-electron chi connectivity index (χ4n) is 2.70. The van der Waals surface area contributed by atoms with Crippen molar-refractivity contribution in [1.29, 1.82) is 0 Å². The molecule has 2 amide bonds. The number of hydrogen-bond donors (Lipinski definition) is 1. The van der Waals surface area contributed by atoms with Crippen LogP contribution < -0.4 is 14.4 Å². The number of amides is 2. The maximum atomic E-state index is 12.8. The van der Waals surface area contributed by atoms with Crippen LogP contribution in [0.4, 0.5) is 5.69 Å². The molecule has 26 heavy (non-hydrogen) atoms. The van der Waals surface area contributed by atoms with Crippen molar-refractivity contribution in [3.05, 3.63) is 59.9 Å². The molecule has 1 heterocycles. The third kappa shape index (κ3) is 3.13. The minimum atomic E-state index is -0.760. The van der Waals surface area contributed by atoms with Crippen LogP contribution >= 0.6 is 0 Å². The van der Waals surface area contributed by atoms with Crippen LogP contribution in [0.15, 0.2) is 54.3 Å². The molecule has 2 aromatic rings. The van der Waals surface area contributed by atoms with Gasteiger partial charge in [0.05, 0.1) is 25.0 Å². The van der Waals surface area contributed by atoms with E-state index in [4.69, 9.17) is 9.47 Å². The van der Waals surface area contributed by atoms with Gasteiger partial charge in [-0.25, -0.2) is 4.90 Å². The highest BCUT2D eigenvalue weighted by Gasteiger charge is 2.40. The molecule has 0 unspecified atom stereocenters. The summed E-state index contributed by atoms with van der Waals surface area (Å²) in [4.78, 5) is 26.2. The molecule has 1 aliphatic heterocycles. The standard InChI is InChI=1S/C20H19NO5/c1-3-11-26-15-9-7-13(8-10-15)17-18(22)20(24)21(19(17)23)14-5-4-6-16(12-14)25-2/h4-10,12,22H,3,11H2,1-2H3. The lowest BCUT2D eigenvalue weighted by Gasteiger charge is -2.15. The number of hydrogen-bond acceptors (Lipinski definition) is 5. The highest BCUT2D eigenvalue weighted by Crippen LogP contribution is 2.33. The van der Waals surface area contributed by atoms with Gasteiger partial charge in [0.1, 0.15) is 11.5 Å². The highest BCUT2D eigenvalue weighted by atomic mass is 16.5. The third-order valence-corrected chi connectivity index (χ3v) is 3.99. The van der Waals surface area contributed by atoms with Gasteiger partial charge in [0.25, 0.3) is 5.91 Å². The minimum Gasteiger partial charge on any atom is -0.502 e. The van der Waals surface area contributed by atoms with E-state index in [1.54, 1.807) is 48.5 Å². The summed E-state index contributed by atoms with van der Waals surface area (Å²) in [6.07, 6.45) is 0.885. The van der Waals surface area contributed by atoms with Gasteiger partial charge in [-0.15, -0.1) is 0 Å². The molecule has 0 fully saturated rings. The fourth-order valence-corrected chi connectivity index (χ4v) is 2.70. The molecule has 6 heteroatoms. The van der Waals surface area contributed by atoms with Crippen LogP contribution in [0, 0.1) is 0 Å². The normalized spacial score (nSPS) is 14.2. The number of rotatable bonds is 6. The van der Waals surface area contributed by atoms with Crippen molar-refractivity contribution in [2.24, 2.45) is 0 Å². The Morgan fingerprint density at radius 2 is 1.73 bits per heavy atom. The second kappa shape index (κ2) is 7.31. The average Bonchev–Trinajstić information content (AvgIpc) is 2.89. The number of methoxy groups -OCH3 is 1. The molecule has 0 bridgehead atoms. The summed E-state index contributed by atoms with van der Waals surface area (Å²) in [7, 11) is 1.50. The SMILES string of the molecule is CCCOc1ccc(C2=C(O)C(=O)N(c3cccc(OC)c3)C2=O)cc1. The smallest absolute Gasteiger partial charge is 0.301 e. The predicted octanol–water partition coefficient (Wildman–Crippen LogP) is 3.33. The summed E-state index contributed by atoms with van der Waals surface area (Å²) in [5, 5.41) is 10.3. The molecule has 0 aliphatic carbocycles. The highest BCUT2D eigenvalue weighted by molar-refractivity contribution is 6.44. The molecule has 0 atom stereocenters. The summed E-state index contributed by atoms with van der Waals surface area (Å²) in [5.41, 5.74) is 0.763. The zero-order valence-corrected chi connectivity index (χ0v) is 14.6. The molecular weight excluding hydrogens is 334 g/mol. The second-order valence-corrected chi connectivity index (χ2v) is 5.74. The van der Waals surface area contributed by atoms with Crippen molar-refractivity contribution in [2.45, 2.75) is 13.3 Å². The van der Waals surface area contributed by atoms with Gasteiger partial charge >= 0.3 is 5.91 Å². The van der Waals surface area contributed by atoms with Gasteiger partial charge in [-0.2, -0.15) is 0 Å². The van der Waals surface area contributed by atoms with E-state index >= 15 is 0 Å². The fraction of sp³-hybridized carbons (Fsp3) is 0.200. The van der Waals surface area contributed by atoms with Gasteiger partial charge in [0.2, 0.25) is 0 Å². The maximum Gasteiger partial charge on any atom is 0.301 e. The van der Waals surface area contributed by atoms with Crippen molar-refractivity contribution in [3.8, 4) is 11.5 Å². The van der Waals surface area contributed by atoms with Crippen LogP contribution in [0.3, 0.4) is 0 Å². The van der Waals surface area contributed by atoms with E-state index in [0.29, 0.717) is 29.4 Å². The quantitative estimate of drug-likeness (QED) is 0.806. The largest absolute Gasteiger partial charge is 0.502 e. The Hall–Kier alpha value is -3.28. The first-order valence-electron chi connectivity index (χ1n) is 8.26. The van der Waals surface area contributed by atoms with Crippen LogP contribution in [0.25, 0.3) is 5.57 Å². The third-order valence-electron chi connectivity index (χ3n) is 3.99. The Morgan fingerprint density at radius 3 is 2.38 bits per heavy atom. The molecule has 0 aromatic heterocycles. The molecule has 0 saturated heterocycles. The zero-order chi connectivity index (χ0) is 18.7. The number of nitrogens with zero attached hydrogens (tertiary/aromatic N) is 1. The van der Waals surface area contributed by atoms with Crippen molar-refractivity contribution in [2.75, 3.05) is 18.6 Å². The molecule has 6 nitrogen and oxygen atoms in total. The number of carbonyl (C=O) groups excluding carboxylic acids is 2. The van der Waals surface area contributed by atoms with Crippen molar-refractivity contribution < 1.29 is 24.2 Å². The van der Waals surface area contributed by atoms with E-state index < -0.39 is 17.6 Å². The van der Waals surface area contributed by atoms with Gasteiger partial charge in [0.15, 0.2) is 5.76 Å². The van der Waals surface area contributed by atoms with Crippen LogP contribution in [-0.4, -0.2) is 30.6 Å². The minimum absolute atomic E-state index is 0.0279. The topological polar surface area (TPSA) is 76.1 Å². The van der Waals surface area contributed by atoms with E-state index in [1.807, 2.05) is 6.92 Å². The lowest BCUT2D eigenvalue weighted by atomic mass is 10.1. The number of imide groups is 1. The Labute approximate surface area is 151 Å². The Kier molecular flexibility index (Phi) is 4.93. The molecular formula is C20H19NO5. The number of carbonyl (C=O) groups is 2. The van der Waals surface area contributed by atoms with Gasteiger partial charge in [0, 0.05) is 6.07 Å². The van der Waals surface area contributed by atoms with Gasteiger partial charge < -0.3 is 14.6 Å². The maximum absolute atomic E-state index is 12.8. The van der Waals surface area contributed by atoms with Gasteiger partial charge in [-0.05, 0) is 36.2 Å². The van der Waals surface area contributed by atoms with Crippen LogP contribution in [0.2, 0.25) is 0 Å². The Morgan fingerprint density at radius 1 is 1.00 bits per heavy atom. The van der Waals surface area contributed by atoms with Crippen molar-refractivity contribution >= 4 is 23.1 Å². The molecule has 134 valence electrons. The zero-order valence-electron chi connectivity index (χ0n) is 14.6. The summed E-state index contributed by atoms with van der Waals surface area (Å²) >= 11 is 0. The lowest BCUT2D eigenvalue weighted by Crippen LogP contribution is -2.31. The first-order chi connectivity index (χ1) is 12.6.